The zero-order valence-electron chi connectivity index (χ0n) is 9.97. The molecule has 1 unspecified atom stereocenters. The Morgan fingerprint density at radius 2 is 2.41 bits per heavy atom. The molecule has 7 nitrogen and oxygen atoms in total. The summed E-state index contributed by atoms with van der Waals surface area (Å²) in [5.74, 6) is 1.57. The Kier molecular flexibility index (Phi) is 3.81. The molecule has 0 aromatic carbocycles. The summed E-state index contributed by atoms with van der Waals surface area (Å²) in [7, 11) is 0. The number of aromatic amines is 1. The summed E-state index contributed by atoms with van der Waals surface area (Å²) in [5.41, 5.74) is 0. The van der Waals surface area contributed by atoms with E-state index in [1.165, 1.54) is 6.33 Å². The van der Waals surface area contributed by atoms with E-state index in [9.17, 15) is 0 Å². The van der Waals surface area contributed by atoms with Crippen molar-refractivity contribution in [1.29, 1.82) is 0 Å². The summed E-state index contributed by atoms with van der Waals surface area (Å²) >= 11 is 0. The van der Waals surface area contributed by atoms with Crippen LogP contribution in [0, 0.1) is 0 Å². The van der Waals surface area contributed by atoms with Crippen molar-refractivity contribution in [1.82, 2.24) is 30.6 Å². The Balaban J connectivity index is 1.94. The number of nitrogens with zero attached hydrogens (tertiary/aromatic N) is 4. The Bertz CT molecular complexity index is 437. The van der Waals surface area contributed by atoms with Crippen LogP contribution in [0.4, 0.5) is 0 Å². The van der Waals surface area contributed by atoms with Gasteiger partial charge < -0.3 is 9.84 Å². The number of hydrogen-bond donors (Lipinski definition) is 2. The van der Waals surface area contributed by atoms with Gasteiger partial charge in [-0.1, -0.05) is 12.1 Å². The molecule has 0 spiro atoms. The maximum absolute atomic E-state index is 5.15. The van der Waals surface area contributed by atoms with E-state index in [2.05, 4.69) is 44.5 Å². The third kappa shape index (κ3) is 3.10. The molecule has 2 N–H and O–H groups in total. The van der Waals surface area contributed by atoms with Gasteiger partial charge in [0.25, 0.3) is 0 Å². The fraction of sp³-hybridized carbons (Fsp3) is 0.600. The summed E-state index contributed by atoms with van der Waals surface area (Å²) in [6, 6.07) is 0.318. The van der Waals surface area contributed by atoms with Gasteiger partial charge in [-0.25, -0.2) is 4.98 Å². The average Bonchev–Trinajstić information content (AvgIpc) is 2.95. The highest BCUT2D eigenvalue weighted by atomic mass is 16.5. The lowest BCUT2D eigenvalue weighted by Gasteiger charge is -2.09. The number of hydrogen-bond acceptors (Lipinski definition) is 6. The molecule has 0 aliphatic rings. The first kappa shape index (κ1) is 11.7. The SMILES string of the molecule is CCCNC(C)Cc1nc(-c2ncn[nH]2)no1. The van der Waals surface area contributed by atoms with Crippen molar-refractivity contribution in [2.45, 2.75) is 32.7 Å². The molecular formula is C10H16N6O. The smallest absolute Gasteiger partial charge is 0.239 e. The van der Waals surface area contributed by atoms with E-state index in [1.807, 2.05) is 0 Å². The number of aromatic nitrogens is 5. The second-order valence-electron chi connectivity index (χ2n) is 3.91. The largest absolute Gasteiger partial charge is 0.339 e. The monoisotopic (exact) mass is 236 g/mol. The van der Waals surface area contributed by atoms with Crippen LogP contribution in [-0.4, -0.2) is 37.9 Å². The number of rotatable bonds is 6. The van der Waals surface area contributed by atoms with Crippen LogP contribution in [0.5, 0.6) is 0 Å². The minimum atomic E-state index is 0.318. The first-order chi connectivity index (χ1) is 8.29. The Morgan fingerprint density at radius 3 is 3.12 bits per heavy atom. The third-order valence-electron chi connectivity index (χ3n) is 2.32. The highest BCUT2D eigenvalue weighted by Gasteiger charge is 2.13. The molecule has 17 heavy (non-hydrogen) atoms. The van der Waals surface area contributed by atoms with E-state index in [0.29, 0.717) is 30.0 Å². The Hall–Kier alpha value is -1.76. The van der Waals surface area contributed by atoms with Crippen LogP contribution in [0.2, 0.25) is 0 Å². The van der Waals surface area contributed by atoms with Gasteiger partial charge in [0.1, 0.15) is 6.33 Å². The van der Waals surface area contributed by atoms with Gasteiger partial charge in [0.15, 0.2) is 5.82 Å². The lowest BCUT2D eigenvalue weighted by atomic mass is 10.2. The second kappa shape index (κ2) is 5.53. The molecule has 0 saturated heterocycles. The van der Waals surface area contributed by atoms with Crippen molar-refractivity contribution in [3.8, 4) is 11.6 Å². The van der Waals surface area contributed by atoms with E-state index in [4.69, 9.17) is 4.52 Å². The normalized spacial score (nSPS) is 12.8. The van der Waals surface area contributed by atoms with Crippen molar-refractivity contribution in [3.05, 3.63) is 12.2 Å². The van der Waals surface area contributed by atoms with E-state index < -0.39 is 0 Å². The Morgan fingerprint density at radius 1 is 1.53 bits per heavy atom. The first-order valence-corrected chi connectivity index (χ1v) is 5.71. The van der Waals surface area contributed by atoms with Gasteiger partial charge in [-0.15, -0.1) is 0 Å². The summed E-state index contributed by atoms with van der Waals surface area (Å²) < 4.78 is 5.15. The van der Waals surface area contributed by atoms with Gasteiger partial charge in [-0.3, -0.25) is 5.10 Å². The van der Waals surface area contributed by atoms with Gasteiger partial charge in [-0.2, -0.15) is 10.1 Å². The molecule has 0 aliphatic carbocycles. The van der Waals surface area contributed by atoms with E-state index in [0.717, 1.165) is 13.0 Å². The van der Waals surface area contributed by atoms with E-state index in [-0.39, 0.29) is 0 Å². The van der Waals surface area contributed by atoms with Crippen LogP contribution in [0.25, 0.3) is 11.6 Å². The van der Waals surface area contributed by atoms with Crippen molar-refractivity contribution < 1.29 is 4.52 Å². The summed E-state index contributed by atoms with van der Waals surface area (Å²) in [4.78, 5) is 8.21. The molecule has 7 heteroatoms. The van der Waals surface area contributed by atoms with E-state index in [1.54, 1.807) is 0 Å². The molecule has 2 heterocycles. The Labute approximate surface area is 99.0 Å². The summed E-state index contributed by atoms with van der Waals surface area (Å²) in [6.45, 7) is 5.21. The average molecular weight is 236 g/mol. The van der Waals surface area contributed by atoms with E-state index >= 15 is 0 Å². The zero-order chi connectivity index (χ0) is 12.1. The van der Waals surface area contributed by atoms with Crippen molar-refractivity contribution in [2.24, 2.45) is 0 Å². The molecule has 0 radical (unpaired) electrons. The topological polar surface area (TPSA) is 92.5 Å². The van der Waals surface area contributed by atoms with Crippen LogP contribution in [0.3, 0.4) is 0 Å². The van der Waals surface area contributed by atoms with Crippen molar-refractivity contribution >= 4 is 0 Å². The molecule has 92 valence electrons. The van der Waals surface area contributed by atoms with Gasteiger partial charge in [0.2, 0.25) is 11.7 Å². The lowest BCUT2D eigenvalue weighted by Crippen LogP contribution is -2.28. The molecule has 1 atom stereocenters. The number of H-pyrrole nitrogens is 1. The lowest BCUT2D eigenvalue weighted by molar-refractivity contribution is 0.361. The quantitative estimate of drug-likeness (QED) is 0.770. The molecule has 2 aromatic heterocycles. The predicted octanol–water partition coefficient (Wildman–Crippen LogP) is 0.785. The third-order valence-corrected chi connectivity index (χ3v) is 2.32. The fourth-order valence-electron chi connectivity index (χ4n) is 1.47. The van der Waals surface area contributed by atoms with Crippen LogP contribution in [0.15, 0.2) is 10.9 Å². The van der Waals surface area contributed by atoms with Gasteiger partial charge in [-0.05, 0) is 19.9 Å². The standard InChI is InChI=1S/C10H16N6O/c1-3-4-11-7(2)5-8-14-10(16-17-8)9-12-6-13-15-9/h6-7,11H,3-5H2,1-2H3,(H,12,13,15). The highest BCUT2D eigenvalue weighted by molar-refractivity contribution is 5.39. The molecule has 0 fully saturated rings. The van der Waals surface area contributed by atoms with Crippen molar-refractivity contribution in [2.75, 3.05) is 6.54 Å². The summed E-state index contributed by atoms with van der Waals surface area (Å²) in [5, 5.41) is 13.6. The molecule has 2 rings (SSSR count). The number of nitrogens with one attached hydrogen (secondary N) is 2. The second-order valence-corrected chi connectivity index (χ2v) is 3.91. The zero-order valence-corrected chi connectivity index (χ0v) is 9.97. The highest BCUT2D eigenvalue weighted by Crippen LogP contribution is 2.09. The van der Waals surface area contributed by atoms with Crippen LogP contribution in [-0.2, 0) is 6.42 Å². The molecule has 0 bridgehead atoms. The summed E-state index contributed by atoms with van der Waals surface area (Å²) in [6.07, 6.45) is 3.23. The van der Waals surface area contributed by atoms with Crippen molar-refractivity contribution in [3.63, 3.8) is 0 Å². The van der Waals surface area contributed by atoms with Crippen LogP contribution in [0.1, 0.15) is 26.2 Å². The molecule has 0 aliphatic heterocycles. The van der Waals surface area contributed by atoms with Gasteiger partial charge in [0.05, 0.1) is 0 Å². The van der Waals surface area contributed by atoms with Crippen LogP contribution < -0.4 is 5.32 Å². The van der Waals surface area contributed by atoms with Crippen LogP contribution >= 0.6 is 0 Å². The molecule has 0 saturated carbocycles. The maximum Gasteiger partial charge on any atom is 0.239 e. The first-order valence-electron chi connectivity index (χ1n) is 5.71. The molecule has 2 aromatic rings. The molecule has 0 amide bonds. The van der Waals surface area contributed by atoms with Gasteiger partial charge >= 0.3 is 0 Å². The molecular weight excluding hydrogens is 220 g/mol. The minimum Gasteiger partial charge on any atom is -0.339 e. The fourth-order valence-corrected chi connectivity index (χ4v) is 1.47. The maximum atomic E-state index is 5.15. The van der Waals surface area contributed by atoms with Gasteiger partial charge in [0, 0.05) is 12.5 Å². The predicted molar refractivity (Wildman–Crippen MR) is 61.1 cm³/mol. The minimum absolute atomic E-state index is 0.318.